The molecule has 1 N–H and O–H groups in total. The third-order valence-electron chi connectivity index (χ3n) is 4.00. The number of carbonyl (C=O) groups is 2. The lowest BCUT2D eigenvalue weighted by Crippen LogP contribution is -2.43. The van der Waals surface area contributed by atoms with Crippen LogP contribution in [0.4, 0.5) is 5.69 Å². The molecule has 1 heterocycles. The highest BCUT2D eigenvalue weighted by molar-refractivity contribution is 7.99. The number of amides is 1. The number of carboxylic acid groups (broad SMARTS) is 1. The molecule has 2 atom stereocenters. The minimum Gasteiger partial charge on any atom is -0.480 e. The minimum atomic E-state index is -1.13. The van der Waals surface area contributed by atoms with Gasteiger partial charge in [-0.2, -0.15) is 0 Å². The Morgan fingerprint density at radius 3 is 2.62 bits per heavy atom. The van der Waals surface area contributed by atoms with Crippen LogP contribution < -0.4 is 0 Å². The van der Waals surface area contributed by atoms with Gasteiger partial charge in [0.05, 0.1) is 4.92 Å². The maximum Gasteiger partial charge on any atom is 0.327 e. The van der Waals surface area contributed by atoms with Crippen molar-refractivity contribution in [3.05, 3.63) is 74.8 Å². The van der Waals surface area contributed by atoms with Crippen LogP contribution in [0.2, 0.25) is 5.02 Å². The summed E-state index contributed by atoms with van der Waals surface area (Å²) in [6, 6.07) is 11.1. The summed E-state index contributed by atoms with van der Waals surface area (Å²) >= 11 is 7.52. The predicted molar refractivity (Wildman–Crippen MR) is 97.3 cm³/mol. The molecule has 1 amide bonds. The largest absolute Gasteiger partial charge is 0.480 e. The van der Waals surface area contributed by atoms with Crippen molar-refractivity contribution in [2.45, 2.75) is 11.4 Å². The van der Waals surface area contributed by atoms with Gasteiger partial charge in [0.2, 0.25) is 0 Å². The van der Waals surface area contributed by atoms with Gasteiger partial charge in [-0.15, -0.1) is 11.8 Å². The number of thioether (sulfide) groups is 1. The van der Waals surface area contributed by atoms with Crippen LogP contribution in [0.15, 0.2) is 48.5 Å². The molecule has 0 spiro atoms. The van der Waals surface area contributed by atoms with Gasteiger partial charge in [0, 0.05) is 34.0 Å². The summed E-state index contributed by atoms with van der Waals surface area (Å²) in [5.41, 5.74) is 0.454. The first-order chi connectivity index (χ1) is 12.4. The first kappa shape index (κ1) is 18.2. The van der Waals surface area contributed by atoms with Crippen molar-refractivity contribution in [2.75, 3.05) is 5.75 Å². The minimum absolute atomic E-state index is 0.0602. The Morgan fingerprint density at radius 1 is 1.23 bits per heavy atom. The number of non-ortho nitro benzene ring substituents is 1. The Morgan fingerprint density at radius 2 is 1.96 bits per heavy atom. The zero-order valence-corrected chi connectivity index (χ0v) is 14.8. The average Bonchev–Trinajstić information content (AvgIpc) is 3.06. The molecule has 0 bridgehead atoms. The first-order valence-electron chi connectivity index (χ1n) is 7.56. The van der Waals surface area contributed by atoms with E-state index in [1.165, 1.54) is 34.9 Å². The lowest BCUT2D eigenvalue weighted by Gasteiger charge is -2.28. The van der Waals surface area contributed by atoms with Crippen molar-refractivity contribution in [2.24, 2.45) is 0 Å². The van der Waals surface area contributed by atoms with Crippen molar-refractivity contribution in [3.63, 3.8) is 0 Å². The standard InChI is InChI=1S/C17H13ClN2O5S/c18-13-7-2-1-6-12(13)16-19(14(9-26-16)17(22)23)15(21)10-4-3-5-11(8-10)20(24)25/h1-8,14,16H,9H2,(H,22,23)/t14-,16+/m0/s1. The smallest absolute Gasteiger partial charge is 0.327 e. The molecule has 0 unspecified atom stereocenters. The van der Waals surface area contributed by atoms with Gasteiger partial charge in [0.25, 0.3) is 11.6 Å². The molecule has 1 aliphatic rings. The van der Waals surface area contributed by atoms with E-state index in [0.717, 1.165) is 6.07 Å². The number of carbonyl (C=O) groups excluding carboxylic acids is 1. The molecular formula is C17H13ClN2O5S. The number of nitrogens with zero attached hydrogens (tertiary/aromatic N) is 2. The highest BCUT2D eigenvalue weighted by atomic mass is 35.5. The number of nitro groups is 1. The van der Waals surface area contributed by atoms with Crippen LogP contribution in [0.3, 0.4) is 0 Å². The first-order valence-corrected chi connectivity index (χ1v) is 8.99. The number of carboxylic acids is 1. The average molecular weight is 393 g/mol. The third-order valence-corrected chi connectivity index (χ3v) is 5.64. The number of benzene rings is 2. The number of nitro benzene ring substituents is 1. The summed E-state index contributed by atoms with van der Waals surface area (Å²) in [6.45, 7) is 0. The van der Waals surface area contributed by atoms with Gasteiger partial charge in [-0.1, -0.05) is 35.9 Å². The highest BCUT2D eigenvalue weighted by Gasteiger charge is 2.43. The van der Waals surface area contributed by atoms with Gasteiger partial charge in [0.1, 0.15) is 11.4 Å². The van der Waals surface area contributed by atoms with Gasteiger partial charge in [0.15, 0.2) is 0 Å². The van der Waals surface area contributed by atoms with Crippen LogP contribution in [0, 0.1) is 10.1 Å². The summed E-state index contributed by atoms with van der Waals surface area (Å²) in [4.78, 5) is 36.2. The molecule has 0 aromatic heterocycles. The monoisotopic (exact) mass is 392 g/mol. The number of rotatable bonds is 4. The van der Waals surface area contributed by atoms with Crippen LogP contribution in [0.25, 0.3) is 0 Å². The van der Waals surface area contributed by atoms with Gasteiger partial charge in [-0.3, -0.25) is 14.9 Å². The van der Waals surface area contributed by atoms with E-state index in [9.17, 15) is 24.8 Å². The van der Waals surface area contributed by atoms with E-state index in [1.54, 1.807) is 24.3 Å². The Bertz CT molecular complexity index is 891. The molecule has 7 nitrogen and oxygen atoms in total. The molecule has 3 rings (SSSR count). The van der Waals surface area contributed by atoms with Crippen molar-refractivity contribution in [3.8, 4) is 0 Å². The third kappa shape index (κ3) is 3.38. The van der Waals surface area contributed by atoms with E-state index >= 15 is 0 Å². The number of hydrogen-bond acceptors (Lipinski definition) is 5. The molecule has 1 saturated heterocycles. The van der Waals surface area contributed by atoms with Crippen LogP contribution >= 0.6 is 23.4 Å². The number of aliphatic carboxylic acids is 1. The number of hydrogen-bond donors (Lipinski definition) is 1. The van der Waals surface area contributed by atoms with E-state index < -0.39 is 28.2 Å². The molecule has 1 aliphatic heterocycles. The molecule has 1 fully saturated rings. The van der Waals surface area contributed by atoms with Crippen molar-refractivity contribution in [1.29, 1.82) is 0 Å². The number of halogens is 1. The van der Waals surface area contributed by atoms with Crippen molar-refractivity contribution < 1.29 is 19.6 Å². The molecular weight excluding hydrogens is 380 g/mol. The second-order valence-electron chi connectivity index (χ2n) is 5.58. The van der Waals surface area contributed by atoms with Gasteiger partial charge in [-0.25, -0.2) is 4.79 Å². The fourth-order valence-corrected chi connectivity index (χ4v) is 4.52. The van der Waals surface area contributed by atoms with Crippen LogP contribution in [0.5, 0.6) is 0 Å². The van der Waals surface area contributed by atoms with E-state index in [4.69, 9.17) is 11.6 Å². The fourth-order valence-electron chi connectivity index (χ4n) is 2.76. The summed E-state index contributed by atoms with van der Waals surface area (Å²) in [7, 11) is 0. The highest BCUT2D eigenvalue weighted by Crippen LogP contribution is 2.44. The van der Waals surface area contributed by atoms with Crippen molar-refractivity contribution >= 4 is 40.9 Å². The molecule has 2 aromatic carbocycles. The molecule has 0 aliphatic carbocycles. The van der Waals surface area contributed by atoms with Gasteiger partial charge < -0.3 is 10.0 Å². The predicted octanol–water partition coefficient (Wildman–Crippen LogP) is 3.59. The van der Waals surface area contributed by atoms with Crippen LogP contribution in [-0.4, -0.2) is 38.6 Å². The molecule has 26 heavy (non-hydrogen) atoms. The maximum atomic E-state index is 13.0. The molecule has 0 saturated carbocycles. The summed E-state index contributed by atoms with van der Waals surface area (Å²) in [5, 5.41) is 20.3. The quantitative estimate of drug-likeness (QED) is 0.630. The summed E-state index contributed by atoms with van der Waals surface area (Å²) in [6.07, 6.45) is 0. The maximum absolute atomic E-state index is 13.0. The molecule has 0 radical (unpaired) electrons. The SMILES string of the molecule is O=C(O)[C@@H]1CS[C@H](c2ccccc2Cl)N1C(=O)c1cccc([N+](=O)[O-])c1. The second kappa shape index (κ2) is 7.35. The molecule has 2 aromatic rings. The summed E-state index contributed by atoms with van der Waals surface area (Å²) in [5.74, 6) is -1.52. The zero-order valence-electron chi connectivity index (χ0n) is 13.2. The Labute approximate surface area is 157 Å². The molecule has 134 valence electrons. The van der Waals surface area contributed by atoms with Gasteiger partial charge >= 0.3 is 5.97 Å². The lowest BCUT2D eigenvalue weighted by molar-refractivity contribution is -0.384. The Hall–Kier alpha value is -2.58. The Balaban J connectivity index is 2.03. The Kier molecular flexibility index (Phi) is 5.15. The van der Waals surface area contributed by atoms with Crippen LogP contribution in [-0.2, 0) is 4.79 Å². The van der Waals surface area contributed by atoms with E-state index in [1.807, 2.05) is 0 Å². The molecule has 9 heteroatoms. The fraction of sp³-hybridized carbons (Fsp3) is 0.176. The van der Waals surface area contributed by atoms with Gasteiger partial charge in [-0.05, 0) is 12.1 Å². The topological polar surface area (TPSA) is 101 Å². The summed E-state index contributed by atoms with van der Waals surface area (Å²) < 4.78 is 0. The van der Waals surface area contributed by atoms with E-state index in [2.05, 4.69) is 0 Å². The van der Waals surface area contributed by atoms with Crippen LogP contribution in [0.1, 0.15) is 21.3 Å². The normalized spacial score (nSPS) is 19.3. The zero-order chi connectivity index (χ0) is 18.8. The lowest BCUT2D eigenvalue weighted by atomic mass is 10.1. The van der Waals surface area contributed by atoms with E-state index in [0.29, 0.717) is 10.6 Å². The second-order valence-corrected chi connectivity index (χ2v) is 7.10. The van der Waals surface area contributed by atoms with Crippen molar-refractivity contribution in [1.82, 2.24) is 4.90 Å². The van der Waals surface area contributed by atoms with E-state index in [-0.39, 0.29) is 17.0 Å².